The average molecular weight is 495 g/mol. The van der Waals surface area contributed by atoms with Crippen molar-refractivity contribution in [3.63, 3.8) is 0 Å². The van der Waals surface area contributed by atoms with Crippen LogP contribution < -0.4 is 4.90 Å². The molecule has 0 bridgehead atoms. The largest absolute Gasteiger partial charge is 0.442 e. The Balaban J connectivity index is 1.26. The molecule has 2 aromatic heterocycles. The molecule has 1 aliphatic carbocycles. The number of halogens is 3. The summed E-state index contributed by atoms with van der Waals surface area (Å²) in [6, 6.07) is 6.18. The smallest absolute Gasteiger partial charge is 0.414 e. The molecule has 0 N–H and O–H groups in total. The van der Waals surface area contributed by atoms with Crippen LogP contribution in [0.3, 0.4) is 0 Å². The third-order valence-electron chi connectivity index (χ3n) is 7.39. The maximum Gasteiger partial charge on any atom is 0.414 e. The van der Waals surface area contributed by atoms with Crippen molar-refractivity contribution in [2.45, 2.75) is 18.1 Å². The fourth-order valence-electron chi connectivity index (χ4n) is 5.61. The molecular weight excluding hydrogens is 475 g/mol. The number of amides is 1. The number of carbonyl (C=O) groups is 1. The van der Waals surface area contributed by atoms with Crippen molar-refractivity contribution in [1.82, 2.24) is 24.9 Å². The van der Waals surface area contributed by atoms with Crippen LogP contribution in [-0.4, -0.2) is 63.8 Å². The van der Waals surface area contributed by atoms with Gasteiger partial charge in [0.2, 0.25) is 0 Å². The van der Waals surface area contributed by atoms with E-state index in [9.17, 15) is 10.1 Å². The van der Waals surface area contributed by atoms with Crippen molar-refractivity contribution >= 4 is 11.8 Å². The normalized spacial score (nSPS) is 27.1. The van der Waals surface area contributed by atoms with Crippen LogP contribution in [0.5, 0.6) is 0 Å². The van der Waals surface area contributed by atoms with Gasteiger partial charge in [-0.25, -0.2) is 22.6 Å². The second-order valence-electron chi connectivity index (χ2n) is 9.47. The van der Waals surface area contributed by atoms with Crippen molar-refractivity contribution in [3.05, 3.63) is 59.9 Å². The van der Waals surface area contributed by atoms with Gasteiger partial charge < -0.3 is 9.64 Å². The molecule has 9 nitrogen and oxygen atoms in total. The zero-order chi connectivity index (χ0) is 25.2. The molecule has 4 atom stereocenters. The first kappa shape index (κ1) is 22.5. The Bertz CT molecular complexity index is 1380. The Morgan fingerprint density at radius 3 is 2.61 bits per heavy atom. The monoisotopic (exact) mass is 495 g/mol. The maximum absolute atomic E-state index is 15.1. The van der Waals surface area contributed by atoms with E-state index in [-0.39, 0.29) is 30.5 Å². The van der Waals surface area contributed by atoms with Gasteiger partial charge in [-0.05, 0) is 13.1 Å². The predicted octanol–water partition coefficient (Wildman–Crippen LogP) is 2.74. The second-order valence-corrected chi connectivity index (χ2v) is 9.47. The van der Waals surface area contributed by atoms with Crippen LogP contribution in [0.4, 0.5) is 23.7 Å². The number of carbonyl (C=O) groups excluding carboxylic acids is 1. The van der Waals surface area contributed by atoms with Gasteiger partial charge in [-0.15, -0.1) is 5.10 Å². The molecule has 1 unspecified atom stereocenters. The molecule has 3 aliphatic rings. The maximum atomic E-state index is 15.1. The highest BCUT2D eigenvalue weighted by Gasteiger charge is 2.70. The summed E-state index contributed by atoms with van der Waals surface area (Å²) in [5.74, 6) is -3.52. The van der Waals surface area contributed by atoms with Gasteiger partial charge in [0.05, 0.1) is 42.3 Å². The summed E-state index contributed by atoms with van der Waals surface area (Å²) >= 11 is 0. The van der Waals surface area contributed by atoms with Crippen molar-refractivity contribution in [2.75, 3.05) is 31.6 Å². The second kappa shape index (κ2) is 8.03. The molecule has 184 valence electrons. The number of nitrogens with zero attached hydrogens (tertiary/aromatic N) is 7. The van der Waals surface area contributed by atoms with Crippen molar-refractivity contribution < 1.29 is 22.7 Å². The summed E-state index contributed by atoms with van der Waals surface area (Å²) in [7, 11) is 1.99. The lowest BCUT2D eigenvalue weighted by molar-refractivity contribution is 0.129. The Morgan fingerprint density at radius 1 is 1.19 bits per heavy atom. The van der Waals surface area contributed by atoms with E-state index in [0.29, 0.717) is 5.69 Å². The first-order chi connectivity index (χ1) is 17.3. The lowest BCUT2D eigenvalue weighted by Crippen LogP contribution is -2.27. The Labute approximate surface area is 203 Å². The third kappa shape index (κ3) is 3.26. The molecule has 2 saturated heterocycles. The molecule has 1 saturated carbocycles. The zero-order valence-corrected chi connectivity index (χ0v) is 19.1. The van der Waals surface area contributed by atoms with E-state index in [2.05, 4.69) is 26.3 Å². The Hall–Kier alpha value is -3.98. The number of cyclic esters (lactones) is 1. The van der Waals surface area contributed by atoms with E-state index in [1.807, 2.05) is 7.05 Å². The van der Waals surface area contributed by atoms with Gasteiger partial charge in [-0.3, -0.25) is 9.88 Å². The molecule has 6 rings (SSSR count). The number of ether oxygens (including phenoxy) is 1. The quantitative estimate of drug-likeness (QED) is 0.502. The molecule has 0 spiro atoms. The molecule has 3 fully saturated rings. The molecule has 1 aromatic carbocycles. The fourth-order valence-corrected chi connectivity index (χ4v) is 5.61. The summed E-state index contributed by atoms with van der Waals surface area (Å²) < 4.78 is 52.0. The third-order valence-corrected chi connectivity index (χ3v) is 7.39. The number of likely N-dealkylation sites (tertiary alicyclic amines) is 1. The van der Waals surface area contributed by atoms with E-state index in [4.69, 9.17) is 4.74 Å². The van der Waals surface area contributed by atoms with Gasteiger partial charge in [-0.2, -0.15) is 5.26 Å². The first-order valence-electron chi connectivity index (χ1n) is 11.4. The van der Waals surface area contributed by atoms with E-state index < -0.39 is 46.3 Å². The molecule has 0 radical (unpaired) electrons. The van der Waals surface area contributed by atoms with Crippen molar-refractivity contribution in [2.24, 2.45) is 11.8 Å². The van der Waals surface area contributed by atoms with Crippen LogP contribution in [0, 0.1) is 40.6 Å². The van der Waals surface area contributed by atoms with Gasteiger partial charge >= 0.3 is 6.09 Å². The summed E-state index contributed by atoms with van der Waals surface area (Å²) in [6.45, 7) is 1.62. The lowest BCUT2D eigenvalue weighted by atomic mass is 9.95. The number of pyridine rings is 1. The van der Waals surface area contributed by atoms with E-state index in [0.717, 1.165) is 24.1 Å². The Kier molecular flexibility index (Phi) is 5.01. The van der Waals surface area contributed by atoms with Gasteiger partial charge in [-0.1, -0.05) is 11.3 Å². The molecule has 12 heteroatoms. The summed E-state index contributed by atoms with van der Waals surface area (Å²) in [4.78, 5) is 19.7. The van der Waals surface area contributed by atoms with Crippen LogP contribution >= 0.6 is 0 Å². The van der Waals surface area contributed by atoms with Gasteiger partial charge in [0.15, 0.2) is 11.6 Å². The topological polar surface area (TPSA) is 100 Å². The van der Waals surface area contributed by atoms with Crippen LogP contribution in [0.25, 0.3) is 11.1 Å². The molecular formula is C24H20F3N7O2. The number of hydrogen-bond acceptors (Lipinski definition) is 7. The van der Waals surface area contributed by atoms with Crippen LogP contribution in [-0.2, 0) is 16.7 Å². The first-order valence-corrected chi connectivity index (χ1v) is 11.4. The zero-order valence-electron chi connectivity index (χ0n) is 19.1. The lowest BCUT2D eigenvalue weighted by Gasteiger charge is -2.19. The summed E-state index contributed by atoms with van der Waals surface area (Å²) in [6.07, 6.45) is 2.66. The number of nitriles is 1. The Morgan fingerprint density at radius 2 is 1.97 bits per heavy atom. The van der Waals surface area contributed by atoms with Gasteiger partial charge in [0, 0.05) is 48.9 Å². The minimum absolute atomic E-state index is 0.0308. The van der Waals surface area contributed by atoms with Crippen molar-refractivity contribution in [1.29, 1.82) is 5.26 Å². The van der Waals surface area contributed by atoms with Crippen LogP contribution in [0.1, 0.15) is 5.69 Å². The number of rotatable bonds is 5. The average Bonchev–Trinajstić information content (AvgIpc) is 3.34. The SMILES string of the molecule is CN1C[C@@H]2[C@H](C1)C2(C#N)c1ccc(-c2c(F)cc(N3C[C@H](Cn4ccnn4)OC3=O)c(F)c2F)cn1. The van der Waals surface area contributed by atoms with E-state index >= 15 is 13.2 Å². The van der Waals surface area contributed by atoms with Crippen molar-refractivity contribution in [3.8, 4) is 17.2 Å². The van der Waals surface area contributed by atoms with E-state index in [1.165, 1.54) is 23.1 Å². The minimum atomic E-state index is -1.44. The highest BCUT2D eigenvalue weighted by atomic mass is 19.2. The number of benzene rings is 1. The number of anilines is 1. The van der Waals surface area contributed by atoms with Crippen LogP contribution in [0.15, 0.2) is 36.8 Å². The molecule has 3 aromatic rings. The van der Waals surface area contributed by atoms with E-state index in [1.54, 1.807) is 12.3 Å². The summed E-state index contributed by atoms with van der Waals surface area (Å²) in [5, 5.41) is 17.3. The predicted molar refractivity (Wildman–Crippen MR) is 119 cm³/mol. The molecule has 2 aliphatic heterocycles. The number of hydrogen-bond donors (Lipinski definition) is 0. The standard InChI is InChI=1S/C24H20F3N7O2/c1-32-10-15-16(11-32)24(15,12-28)19-3-2-13(7-29-19)20-17(25)6-18(21(26)22(20)27)34-9-14(36-23(34)35)8-33-5-4-30-31-33/h2-7,14-16H,8-11H2,1H3/t14-,15-,16+,24?/m0/s1. The van der Waals surface area contributed by atoms with Gasteiger partial charge in [0.1, 0.15) is 17.3 Å². The fraction of sp³-hybridized carbons (Fsp3) is 0.375. The number of fused-ring (bicyclic) bond motifs is 1. The highest BCUT2D eigenvalue weighted by Crippen LogP contribution is 2.62. The number of aromatic nitrogens is 4. The molecule has 36 heavy (non-hydrogen) atoms. The van der Waals surface area contributed by atoms with Gasteiger partial charge in [0.25, 0.3) is 0 Å². The highest BCUT2D eigenvalue weighted by molar-refractivity contribution is 5.90. The van der Waals surface area contributed by atoms with Crippen LogP contribution in [0.2, 0.25) is 0 Å². The number of piperidine rings is 1. The minimum Gasteiger partial charge on any atom is -0.442 e. The molecule has 4 heterocycles. The summed E-state index contributed by atoms with van der Waals surface area (Å²) in [5.41, 5.74) is -1.27. The molecule has 1 amide bonds.